The molecule has 0 atom stereocenters. The van der Waals surface area contributed by atoms with E-state index >= 15 is 0 Å². The number of thiazole rings is 1. The van der Waals surface area contributed by atoms with Crippen LogP contribution >= 0.6 is 11.3 Å². The Bertz CT molecular complexity index is 625. The van der Waals surface area contributed by atoms with E-state index in [1.807, 2.05) is 32.0 Å². The van der Waals surface area contributed by atoms with Crippen LogP contribution in [0.15, 0.2) is 23.6 Å². The fourth-order valence-corrected chi connectivity index (χ4v) is 2.64. The summed E-state index contributed by atoms with van der Waals surface area (Å²) < 4.78 is 5.55. The zero-order chi connectivity index (χ0) is 15.2. The van der Waals surface area contributed by atoms with Crippen molar-refractivity contribution in [2.75, 3.05) is 18.5 Å². The number of carbonyl (C=O) groups excluding carboxylic acids is 1. The summed E-state index contributed by atoms with van der Waals surface area (Å²) in [4.78, 5) is 16.5. The zero-order valence-electron chi connectivity index (χ0n) is 12.2. The second-order valence-corrected chi connectivity index (χ2v) is 5.49. The van der Waals surface area contributed by atoms with E-state index in [-0.39, 0.29) is 5.91 Å². The lowest BCUT2D eigenvalue weighted by atomic mass is 10.2. The molecule has 6 heteroatoms. The van der Waals surface area contributed by atoms with Crippen LogP contribution in [0.4, 0.5) is 5.69 Å². The molecule has 112 valence electrons. The molecule has 1 aromatic carbocycles. The van der Waals surface area contributed by atoms with E-state index in [2.05, 4.69) is 10.3 Å². The van der Waals surface area contributed by atoms with Crippen molar-refractivity contribution in [3.05, 3.63) is 39.8 Å². The first-order valence-electron chi connectivity index (χ1n) is 6.83. The molecule has 0 aliphatic rings. The van der Waals surface area contributed by atoms with Gasteiger partial charge in [-0.2, -0.15) is 0 Å². The number of rotatable bonds is 6. The van der Waals surface area contributed by atoms with Gasteiger partial charge in [-0.15, -0.1) is 11.3 Å². The van der Waals surface area contributed by atoms with Crippen LogP contribution in [0.1, 0.15) is 28.0 Å². The summed E-state index contributed by atoms with van der Waals surface area (Å²) in [5.74, 6) is 0.433. The summed E-state index contributed by atoms with van der Waals surface area (Å²) in [6.45, 7) is 4.96. The molecule has 0 unspecified atom stereocenters. The lowest BCUT2D eigenvalue weighted by Gasteiger charge is -2.11. The van der Waals surface area contributed by atoms with Gasteiger partial charge in [-0.05, 0) is 38.1 Å². The topological polar surface area (TPSA) is 77.2 Å². The first kappa shape index (κ1) is 15.5. The standard InChI is InChI=1S/C15H19N3O2S/c1-3-20-13-8-10(2)4-5-11(13)18-15(19)12-9-21-14(17-12)6-7-16/h4-5,8-9H,3,6-7,16H2,1-2H3,(H,18,19). The van der Waals surface area contributed by atoms with Gasteiger partial charge in [0.2, 0.25) is 0 Å². The van der Waals surface area contributed by atoms with E-state index in [1.165, 1.54) is 11.3 Å². The number of nitrogens with zero attached hydrogens (tertiary/aromatic N) is 1. The molecule has 5 nitrogen and oxygen atoms in total. The van der Waals surface area contributed by atoms with Gasteiger partial charge in [-0.1, -0.05) is 6.07 Å². The highest BCUT2D eigenvalue weighted by Gasteiger charge is 2.13. The summed E-state index contributed by atoms with van der Waals surface area (Å²) in [7, 11) is 0. The molecule has 3 N–H and O–H groups in total. The highest BCUT2D eigenvalue weighted by molar-refractivity contribution is 7.09. The molecular formula is C15H19N3O2S. The number of anilines is 1. The maximum atomic E-state index is 12.2. The third-order valence-electron chi connectivity index (χ3n) is 2.83. The molecular weight excluding hydrogens is 286 g/mol. The minimum absolute atomic E-state index is 0.237. The van der Waals surface area contributed by atoms with Gasteiger partial charge in [-0.25, -0.2) is 4.98 Å². The molecule has 0 aliphatic heterocycles. The molecule has 1 aromatic heterocycles. The van der Waals surface area contributed by atoms with Crippen LogP contribution in [0.3, 0.4) is 0 Å². The average Bonchev–Trinajstić information content (AvgIpc) is 2.91. The van der Waals surface area contributed by atoms with Gasteiger partial charge in [0.1, 0.15) is 11.4 Å². The Morgan fingerprint density at radius 1 is 1.48 bits per heavy atom. The maximum Gasteiger partial charge on any atom is 0.275 e. The van der Waals surface area contributed by atoms with Crippen LogP contribution in [0.25, 0.3) is 0 Å². The third kappa shape index (κ3) is 4.03. The van der Waals surface area contributed by atoms with Crippen molar-refractivity contribution in [1.82, 2.24) is 4.98 Å². The van der Waals surface area contributed by atoms with Gasteiger partial charge in [0.15, 0.2) is 0 Å². The van der Waals surface area contributed by atoms with Crippen molar-refractivity contribution in [1.29, 1.82) is 0 Å². The Hall–Kier alpha value is -1.92. The number of amides is 1. The molecule has 0 radical (unpaired) electrons. The molecule has 0 aliphatic carbocycles. The second-order valence-electron chi connectivity index (χ2n) is 4.55. The van der Waals surface area contributed by atoms with Crippen molar-refractivity contribution in [3.63, 3.8) is 0 Å². The fraction of sp³-hybridized carbons (Fsp3) is 0.333. The van der Waals surface area contributed by atoms with E-state index in [1.54, 1.807) is 5.38 Å². The highest BCUT2D eigenvalue weighted by atomic mass is 32.1. The van der Waals surface area contributed by atoms with E-state index in [4.69, 9.17) is 10.5 Å². The number of ether oxygens (including phenoxy) is 1. The number of nitrogens with one attached hydrogen (secondary N) is 1. The predicted octanol–water partition coefficient (Wildman–Crippen LogP) is 2.60. The maximum absolute atomic E-state index is 12.2. The number of nitrogens with two attached hydrogens (primary N) is 1. The van der Waals surface area contributed by atoms with Crippen LogP contribution in [-0.2, 0) is 6.42 Å². The van der Waals surface area contributed by atoms with E-state index in [0.29, 0.717) is 36.7 Å². The molecule has 0 bridgehead atoms. The van der Waals surface area contributed by atoms with Crippen molar-refractivity contribution >= 4 is 22.9 Å². The normalized spacial score (nSPS) is 10.4. The van der Waals surface area contributed by atoms with Gasteiger partial charge in [0, 0.05) is 11.8 Å². The minimum atomic E-state index is -0.237. The zero-order valence-corrected chi connectivity index (χ0v) is 13.0. The Balaban J connectivity index is 2.14. The largest absolute Gasteiger partial charge is 0.492 e. The van der Waals surface area contributed by atoms with E-state index in [0.717, 1.165) is 10.6 Å². The summed E-state index contributed by atoms with van der Waals surface area (Å²) in [5, 5.41) is 5.46. The monoisotopic (exact) mass is 305 g/mol. The van der Waals surface area contributed by atoms with Crippen LogP contribution < -0.4 is 15.8 Å². The number of aromatic nitrogens is 1. The SMILES string of the molecule is CCOc1cc(C)ccc1NC(=O)c1csc(CCN)n1. The van der Waals surface area contributed by atoms with Gasteiger partial charge >= 0.3 is 0 Å². The molecule has 2 aromatic rings. The van der Waals surface area contributed by atoms with E-state index in [9.17, 15) is 4.79 Å². The van der Waals surface area contributed by atoms with Crippen LogP contribution in [0, 0.1) is 6.92 Å². The van der Waals surface area contributed by atoms with Gasteiger partial charge in [-0.3, -0.25) is 4.79 Å². The third-order valence-corrected chi connectivity index (χ3v) is 3.74. The Kier molecular flexibility index (Phi) is 5.30. The number of benzene rings is 1. The van der Waals surface area contributed by atoms with Crippen LogP contribution in [0.5, 0.6) is 5.75 Å². The fourth-order valence-electron chi connectivity index (χ4n) is 1.85. The number of carbonyl (C=O) groups is 1. The second kappa shape index (κ2) is 7.19. The van der Waals surface area contributed by atoms with Gasteiger partial charge in [0.25, 0.3) is 5.91 Å². The molecule has 1 amide bonds. The Morgan fingerprint density at radius 2 is 2.29 bits per heavy atom. The van der Waals surface area contributed by atoms with Crippen molar-refractivity contribution in [2.24, 2.45) is 5.73 Å². The van der Waals surface area contributed by atoms with Crippen LogP contribution in [-0.4, -0.2) is 24.0 Å². The summed E-state index contributed by atoms with van der Waals surface area (Å²) in [5.41, 5.74) is 7.63. The number of aryl methyl sites for hydroxylation is 1. The highest BCUT2D eigenvalue weighted by Crippen LogP contribution is 2.26. The van der Waals surface area contributed by atoms with Crippen molar-refractivity contribution in [3.8, 4) is 5.75 Å². The summed E-state index contributed by atoms with van der Waals surface area (Å²) in [6.07, 6.45) is 0.687. The van der Waals surface area contributed by atoms with E-state index < -0.39 is 0 Å². The van der Waals surface area contributed by atoms with Gasteiger partial charge < -0.3 is 15.8 Å². The Morgan fingerprint density at radius 3 is 3.00 bits per heavy atom. The summed E-state index contributed by atoms with van der Waals surface area (Å²) >= 11 is 1.45. The molecule has 2 rings (SSSR count). The van der Waals surface area contributed by atoms with Crippen LogP contribution in [0.2, 0.25) is 0 Å². The van der Waals surface area contributed by atoms with Crippen molar-refractivity contribution < 1.29 is 9.53 Å². The minimum Gasteiger partial charge on any atom is -0.492 e. The molecule has 0 fully saturated rings. The molecule has 0 saturated heterocycles. The molecule has 21 heavy (non-hydrogen) atoms. The smallest absolute Gasteiger partial charge is 0.275 e. The number of hydrogen-bond donors (Lipinski definition) is 2. The predicted molar refractivity (Wildman–Crippen MR) is 85.2 cm³/mol. The molecule has 0 spiro atoms. The lowest BCUT2D eigenvalue weighted by molar-refractivity contribution is 0.102. The average molecular weight is 305 g/mol. The lowest BCUT2D eigenvalue weighted by Crippen LogP contribution is -2.14. The number of hydrogen-bond acceptors (Lipinski definition) is 5. The van der Waals surface area contributed by atoms with Crippen molar-refractivity contribution in [2.45, 2.75) is 20.3 Å². The molecule has 0 saturated carbocycles. The first-order chi connectivity index (χ1) is 10.1. The quantitative estimate of drug-likeness (QED) is 0.860. The first-order valence-corrected chi connectivity index (χ1v) is 7.71. The van der Waals surface area contributed by atoms with Gasteiger partial charge in [0.05, 0.1) is 17.3 Å². The Labute approximate surface area is 128 Å². The molecule has 1 heterocycles. The summed E-state index contributed by atoms with van der Waals surface area (Å²) in [6, 6.07) is 5.67.